The van der Waals surface area contributed by atoms with Gasteiger partial charge >= 0.3 is 0 Å². The number of hydrogen-bond donors (Lipinski definition) is 1. The summed E-state index contributed by atoms with van der Waals surface area (Å²) in [4.78, 5) is 0. The number of rotatable bonds is 6. The molecule has 1 aromatic rings. The lowest BCUT2D eigenvalue weighted by molar-refractivity contribution is 0.234. The molecule has 0 aliphatic heterocycles. The Morgan fingerprint density at radius 3 is 2.94 bits per heavy atom. The van der Waals surface area contributed by atoms with Crippen LogP contribution in [0.2, 0.25) is 5.02 Å². The minimum Gasteiger partial charge on any atom is -0.381 e. The van der Waals surface area contributed by atoms with Crippen molar-refractivity contribution in [2.75, 3.05) is 13.7 Å². The van der Waals surface area contributed by atoms with Crippen LogP contribution in [0.3, 0.4) is 0 Å². The van der Waals surface area contributed by atoms with Gasteiger partial charge in [-0.3, -0.25) is 0 Å². The Bertz CT molecular complexity index is 399. The fourth-order valence-corrected chi connectivity index (χ4v) is 1.97. The fourth-order valence-electron chi connectivity index (χ4n) is 1.70. The van der Waals surface area contributed by atoms with Crippen LogP contribution in [0, 0.1) is 0 Å². The summed E-state index contributed by atoms with van der Waals surface area (Å²) in [5, 5.41) is 4.28. The molecule has 0 radical (unpaired) electrons. The van der Waals surface area contributed by atoms with E-state index in [9.17, 15) is 0 Å². The Kier molecular flexibility index (Phi) is 4.60. The maximum Gasteiger partial charge on any atom is 0.0646 e. The van der Waals surface area contributed by atoms with Crippen LogP contribution >= 0.6 is 11.6 Å². The summed E-state index contributed by atoms with van der Waals surface area (Å²) in [5.74, 6) is 0. The van der Waals surface area contributed by atoms with Gasteiger partial charge in [0, 0.05) is 24.7 Å². The Morgan fingerprint density at radius 1 is 1.41 bits per heavy atom. The van der Waals surface area contributed by atoms with Crippen molar-refractivity contribution in [2.24, 2.45) is 0 Å². The van der Waals surface area contributed by atoms with Gasteiger partial charge in [0.15, 0.2) is 0 Å². The third-order valence-electron chi connectivity index (χ3n) is 2.73. The zero-order valence-electron chi connectivity index (χ0n) is 10.1. The van der Waals surface area contributed by atoms with Gasteiger partial charge in [0.2, 0.25) is 0 Å². The molecule has 0 bridgehead atoms. The van der Waals surface area contributed by atoms with Crippen LogP contribution in [-0.4, -0.2) is 19.8 Å². The van der Waals surface area contributed by atoms with Crippen LogP contribution in [0.4, 0.5) is 0 Å². The lowest BCUT2D eigenvalue weighted by atomic mass is 10.1. The second kappa shape index (κ2) is 6.20. The smallest absolute Gasteiger partial charge is 0.0646 e. The molecule has 0 heterocycles. The molecule has 0 spiro atoms. The molecule has 1 fully saturated rings. The molecule has 0 atom stereocenters. The second-order valence-electron chi connectivity index (χ2n) is 4.41. The minimum atomic E-state index is 0.627. The summed E-state index contributed by atoms with van der Waals surface area (Å²) in [6.45, 7) is 1.53. The van der Waals surface area contributed by atoms with E-state index in [0.29, 0.717) is 6.61 Å². The Balaban J connectivity index is 1.99. The maximum absolute atomic E-state index is 6.10. The Hall–Kier alpha value is -0.830. The van der Waals surface area contributed by atoms with Gasteiger partial charge in [-0.2, -0.15) is 0 Å². The van der Waals surface area contributed by atoms with Crippen molar-refractivity contribution >= 4 is 17.7 Å². The van der Waals surface area contributed by atoms with Gasteiger partial charge in [0.05, 0.1) is 6.61 Å². The summed E-state index contributed by atoms with van der Waals surface area (Å²) in [6.07, 6.45) is 6.64. The van der Waals surface area contributed by atoms with E-state index in [-0.39, 0.29) is 0 Å². The molecule has 17 heavy (non-hydrogen) atoms. The predicted octanol–water partition coefficient (Wildman–Crippen LogP) is 3.25. The first-order valence-corrected chi connectivity index (χ1v) is 6.34. The fraction of sp³-hybridized carbons (Fsp3) is 0.429. The molecular weight excluding hydrogens is 234 g/mol. The maximum atomic E-state index is 6.10. The van der Waals surface area contributed by atoms with Crippen molar-refractivity contribution in [1.82, 2.24) is 5.32 Å². The molecule has 1 aliphatic rings. The molecule has 2 rings (SSSR count). The van der Waals surface area contributed by atoms with Gasteiger partial charge in [-0.05, 0) is 36.1 Å². The monoisotopic (exact) mass is 251 g/mol. The van der Waals surface area contributed by atoms with E-state index in [2.05, 4.69) is 11.4 Å². The molecule has 0 amide bonds. The highest BCUT2D eigenvalue weighted by molar-refractivity contribution is 6.30. The predicted molar refractivity (Wildman–Crippen MR) is 72.2 cm³/mol. The van der Waals surface area contributed by atoms with Gasteiger partial charge in [0.1, 0.15) is 0 Å². The highest BCUT2D eigenvalue weighted by Gasteiger charge is 2.19. The first kappa shape index (κ1) is 12.6. The van der Waals surface area contributed by atoms with Crippen LogP contribution < -0.4 is 5.32 Å². The molecule has 1 aromatic carbocycles. The third-order valence-corrected chi connectivity index (χ3v) is 2.94. The standard InChI is InChI=1S/C14H18ClNO/c1-17-6-2-3-11-7-12(9-13(15)8-11)10-16-14-4-5-14/h2-3,7-9,14,16H,4-6,10H2,1H3/b3-2+. The first-order valence-electron chi connectivity index (χ1n) is 5.96. The molecule has 0 saturated heterocycles. The summed E-state index contributed by atoms with van der Waals surface area (Å²) in [6, 6.07) is 6.87. The average Bonchev–Trinajstić information content (AvgIpc) is 3.10. The van der Waals surface area contributed by atoms with Crippen LogP contribution in [0.25, 0.3) is 6.08 Å². The number of halogens is 1. The molecule has 3 heteroatoms. The van der Waals surface area contributed by atoms with Crippen LogP contribution in [0.5, 0.6) is 0 Å². The summed E-state index contributed by atoms with van der Waals surface area (Å²) in [7, 11) is 1.69. The number of nitrogens with one attached hydrogen (secondary N) is 1. The van der Waals surface area contributed by atoms with Crippen molar-refractivity contribution in [3.05, 3.63) is 40.4 Å². The number of ether oxygens (including phenoxy) is 1. The van der Waals surface area contributed by atoms with Gasteiger partial charge in [0.25, 0.3) is 0 Å². The average molecular weight is 252 g/mol. The molecule has 1 saturated carbocycles. The van der Waals surface area contributed by atoms with Crippen LogP contribution in [-0.2, 0) is 11.3 Å². The Morgan fingerprint density at radius 2 is 2.24 bits per heavy atom. The number of hydrogen-bond acceptors (Lipinski definition) is 2. The second-order valence-corrected chi connectivity index (χ2v) is 4.84. The highest BCUT2D eigenvalue weighted by atomic mass is 35.5. The zero-order valence-corrected chi connectivity index (χ0v) is 10.8. The van der Waals surface area contributed by atoms with Gasteiger partial charge in [-0.15, -0.1) is 0 Å². The number of methoxy groups -OCH3 is 1. The molecule has 1 N–H and O–H groups in total. The van der Waals surface area contributed by atoms with E-state index in [1.807, 2.05) is 24.3 Å². The molecule has 1 aliphatic carbocycles. The van der Waals surface area contributed by atoms with E-state index in [0.717, 1.165) is 23.2 Å². The summed E-state index contributed by atoms with van der Waals surface area (Å²) in [5.41, 5.74) is 2.36. The van der Waals surface area contributed by atoms with Gasteiger partial charge in [-0.1, -0.05) is 29.8 Å². The van der Waals surface area contributed by atoms with Crippen molar-refractivity contribution in [3.63, 3.8) is 0 Å². The largest absolute Gasteiger partial charge is 0.381 e. The minimum absolute atomic E-state index is 0.627. The normalized spacial score (nSPS) is 15.6. The molecule has 0 unspecified atom stereocenters. The third kappa shape index (κ3) is 4.50. The van der Waals surface area contributed by atoms with E-state index >= 15 is 0 Å². The van der Waals surface area contributed by atoms with Gasteiger partial charge in [-0.25, -0.2) is 0 Å². The van der Waals surface area contributed by atoms with E-state index in [4.69, 9.17) is 16.3 Å². The molecule has 92 valence electrons. The van der Waals surface area contributed by atoms with Crippen molar-refractivity contribution in [2.45, 2.75) is 25.4 Å². The first-order chi connectivity index (χ1) is 8.28. The van der Waals surface area contributed by atoms with E-state index in [1.54, 1.807) is 7.11 Å². The lowest BCUT2D eigenvalue weighted by Gasteiger charge is -2.05. The molecule has 2 nitrogen and oxygen atoms in total. The SMILES string of the molecule is COC/C=C/c1cc(Cl)cc(CNC2CC2)c1. The Labute approximate surface area is 108 Å². The van der Waals surface area contributed by atoms with E-state index in [1.165, 1.54) is 18.4 Å². The van der Waals surface area contributed by atoms with Crippen molar-refractivity contribution < 1.29 is 4.74 Å². The zero-order chi connectivity index (χ0) is 12.1. The van der Waals surface area contributed by atoms with Crippen LogP contribution in [0.15, 0.2) is 24.3 Å². The molecule has 0 aromatic heterocycles. The molecular formula is C14H18ClNO. The summed E-state index contributed by atoms with van der Waals surface area (Å²) >= 11 is 6.10. The quantitative estimate of drug-likeness (QED) is 0.838. The van der Waals surface area contributed by atoms with Crippen molar-refractivity contribution in [1.29, 1.82) is 0 Å². The topological polar surface area (TPSA) is 21.3 Å². The lowest BCUT2D eigenvalue weighted by Crippen LogP contribution is -2.15. The van der Waals surface area contributed by atoms with Gasteiger partial charge < -0.3 is 10.1 Å². The summed E-state index contributed by atoms with van der Waals surface area (Å²) < 4.78 is 4.98. The highest BCUT2D eigenvalue weighted by Crippen LogP contribution is 2.21. The number of benzene rings is 1. The van der Waals surface area contributed by atoms with Crippen LogP contribution in [0.1, 0.15) is 24.0 Å². The van der Waals surface area contributed by atoms with E-state index < -0.39 is 0 Å². The van der Waals surface area contributed by atoms with Crippen molar-refractivity contribution in [3.8, 4) is 0 Å².